The topological polar surface area (TPSA) is 75.5 Å². The minimum absolute atomic E-state index is 0.0389. The fourth-order valence-electron chi connectivity index (χ4n) is 3.53. The molecule has 118 valence electrons. The second-order valence-electron chi connectivity index (χ2n) is 6.03. The van der Waals surface area contributed by atoms with Gasteiger partial charge in [-0.1, -0.05) is 24.3 Å². The van der Waals surface area contributed by atoms with Crippen molar-refractivity contribution in [3.63, 3.8) is 0 Å². The van der Waals surface area contributed by atoms with Gasteiger partial charge in [-0.2, -0.15) is 0 Å². The summed E-state index contributed by atoms with van der Waals surface area (Å²) in [6.07, 6.45) is 4.82. The molecule has 4 rings (SSSR count). The molecule has 1 fully saturated rings. The molecule has 1 aromatic carbocycles. The Morgan fingerprint density at radius 3 is 2.91 bits per heavy atom. The molecule has 1 atom stereocenters. The third-order valence-electron chi connectivity index (χ3n) is 4.65. The van der Waals surface area contributed by atoms with Gasteiger partial charge in [0.15, 0.2) is 5.69 Å². The Balaban J connectivity index is 1.62. The Morgan fingerprint density at radius 1 is 1.26 bits per heavy atom. The molecule has 3 heterocycles. The summed E-state index contributed by atoms with van der Waals surface area (Å²) in [5.41, 5.74) is 2.19. The number of hydrogen-bond donors (Lipinski definition) is 1. The SMILES string of the molecule is O=C(O)c1cnc(N2CCCC3(C2)OCc2ccccc23)cn1. The summed E-state index contributed by atoms with van der Waals surface area (Å²) in [7, 11) is 0. The first kappa shape index (κ1) is 14.1. The van der Waals surface area contributed by atoms with Crippen LogP contribution in [0.25, 0.3) is 0 Å². The van der Waals surface area contributed by atoms with Crippen molar-refractivity contribution in [3.8, 4) is 0 Å². The number of hydrogen-bond acceptors (Lipinski definition) is 5. The maximum atomic E-state index is 10.9. The van der Waals surface area contributed by atoms with Crippen LogP contribution in [0, 0.1) is 0 Å². The van der Waals surface area contributed by atoms with Crippen LogP contribution in [0.15, 0.2) is 36.7 Å². The molecule has 1 saturated heterocycles. The summed E-state index contributed by atoms with van der Waals surface area (Å²) in [5, 5.41) is 8.93. The quantitative estimate of drug-likeness (QED) is 0.916. The third-order valence-corrected chi connectivity index (χ3v) is 4.65. The maximum absolute atomic E-state index is 10.9. The number of fused-ring (bicyclic) bond motifs is 2. The number of piperidine rings is 1. The standard InChI is InChI=1S/C17H17N3O3/c21-16(22)14-8-19-15(9-18-14)20-7-3-6-17(11-20)13-5-2-1-4-12(13)10-23-17/h1-2,4-5,8-9H,3,6-7,10-11H2,(H,21,22). The molecular formula is C17H17N3O3. The van der Waals surface area contributed by atoms with Crippen LogP contribution in [0.3, 0.4) is 0 Å². The zero-order valence-electron chi connectivity index (χ0n) is 12.6. The van der Waals surface area contributed by atoms with E-state index in [9.17, 15) is 4.79 Å². The van der Waals surface area contributed by atoms with Crippen LogP contribution in [-0.4, -0.2) is 34.1 Å². The van der Waals surface area contributed by atoms with Crippen LogP contribution in [-0.2, 0) is 16.9 Å². The number of carboxylic acid groups (broad SMARTS) is 1. The molecule has 1 spiro atoms. The lowest BCUT2D eigenvalue weighted by molar-refractivity contribution is -0.0471. The summed E-state index contributed by atoms with van der Waals surface area (Å²) in [6.45, 7) is 2.23. The Morgan fingerprint density at radius 2 is 2.13 bits per heavy atom. The monoisotopic (exact) mass is 311 g/mol. The Kier molecular flexibility index (Phi) is 3.27. The molecule has 0 amide bonds. The molecule has 6 nitrogen and oxygen atoms in total. The van der Waals surface area contributed by atoms with Crippen LogP contribution in [0.5, 0.6) is 0 Å². The molecule has 2 aromatic rings. The van der Waals surface area contributed by atoms with Gasteiger partial charge >= 0.3 is 5.97 Å². The third kappa shape index (κ3) is 2.35. The predicted molar refractivity (Wildman–Crippen MR) is 83.3 cm³/mol. The molecule has 0 aliphatic carbocycles. The van der Waals surface area contributed by atoms with Crippen LogP contribution in [0.4, 0.5) is 5.82 Å². The molecule has 1 unspecified atom stereocenters. The number of ether oxygens (including phenoxy) is 1. The van der Waals surface area contributed by atoms with Crippen LogP contribution >= 0.6 is 0 Å². The van der Waals surface area contributed by atoms with E-state index < -0.39 is 5.97 Å². The van der Waals surface area contributed by atoms with E-state index in [4.69, 9.17) is 9.84 Å². The predicted octanol–water partition coefficient (Wildman–Crippen LogP) is 2.20. The number of aromatic nitrogens is 2. The maximum Gasteiger partial charge on any atom is 0.356 e. The van der Waals surface area contributed by atoms with E-state index in [1.165, 1.54) is 23.5 Å². The largest absolute Gasteiger partial charge is 0.476 e. The lowest BCUT2D eigenvalue weighted by atomic mass is 9.85. The first-order chi connectivity index (χ1) is 11.2. The fraction of sp³-hybridized carbons (Fsp3) is 0.353. The van der Waals surface area contributed by atoms with E-state index in [0.29, 0.717) is 19.0 Å². The zero-order chi connectivity index (χ0) is 15.9. The van der Waals surface area contributed by atoms with Crippen molar-refractivity contribution in [3.05, 3.63) is 53.5 Å². The molecule has 2 aliphatic rings. The molecule has 1 N–H and O–H groups in total. The molecule has 23 heavy (non-hydrogen) atoms. The summed E-state index contributed by atoms with van der Waals surface area (Å²) < 4.78 is 6.18. The molecule has 6 heteroatoms. The van der Waals surface area contributed by atoms with E-state index in [0.717, 1.165) is 19.4 Å². The average Bonchev–Trinajstić information content (AvgIpc) is 2.94. The van der Waals surface area contributed by atoms with Gasteiger partial charge in [0.2, 0.25) is 0 Å². The van der Waals surface area contributed by atoms with Crippen molar-refractivity contribution in [2.45, 2.75) is 25.0 Å². The highest BCUT2D eigenvalue weighted by molar-refractivity contribution is 5.84. The van der Waals surface area contributed by atoms with Gasteiger partial charge in [-0.05, 0) is 24.0 Å². The van der Waals surface area contributed by atoms with Gasteiger partial charge in [-0.15, -0.1) is 0 Å². The van der Waals surface area contributed by atoms with Gasteiger partial charge < -0.3 is 14.7 Å². The van der Waals surface area contributed by atoms with Crippen LogP contribution in [0.1, 0.15) is 34.5 Å². The lowest BCUT2D eigenvalue weighted by Gasteiger charge is -2.40. The first-order valence-corrected chi connectivity index (χ1v) is 7.71. The van der Waals surface area contributed by atoms with Crippen molar-refractivity contribution in [2.75, 3.05) is 18.0 Å². The summed E-state index contributed by atoms with van der Waals surface area (Å²) >= 11 is 0. The van der Waals surface area contributed by atoms with E-state index in [1.54, 1.807) is 0 Å². The molecule has 2 aliphatic heterocycles. The highest BCUT2D eigenvalue weighted by atomic mass is 16.5. The fourth-order valence-corrected chi connectivity index (χ4v) is 3.53. The second-order valence-corrected chi connectivity index (χ2v) is 6.03. The lowest BCUT2D eigenvalue weighted by Crippen LogP contribution is -2.46. The highest BCUT2D eigenvalue weighted by Gasteiger charge is 2.43. The molecule has 1 aromatic heterocycles. The first-order valence-electron chi connectivity index (χ1n) is 7.71. The van der Waals surface area contributed by atoms with Crippen molar-refractivity contribution < 1.29 is 14.6 Å². The zero-order valence-corrected chi connectivity index (χ0v) is 12.6. The van der Waals surface area contributed by atoms with Crippen molar-refractivity contribution >= 4 is 11.8 Å². The number of carboxylic acids is 1. The van der Waals surface area contributed by atoms with Crippen LogP contribution in [0.2, 0.25) is 0 Å². The summed E-state index contributed by atoms with van der Waals surface area (Å²) in [6, 6.07) is 8.35. The summed E-state index contributed by atoms with van der Waals surface area (Å²) in [5.74, 6) is -0.366. The normalized spacial score (nSPS) is 23.0. The van der Waals surface area contributed by atoms with E-state index in [2.05, 4.69) is 33.1 Å². The molecule has 0 bridgehead atoms. The number of nitrogens with zero attached hydrogens (tertiary/aromatic N) is 3. The van der Waals surface area contributed by atoms with E-state index in [-0.39, 0.29) is 11.3 Å². The van der Waals surface area contributed by atoms with Crippen molar-refractivity contribution in [1.29, 1.82) is 0 Å². The van der Waals surface area contributed by atoms with Crippen molar-refractivity contribution in [2.24, 2.45) is 0 Å². The Bertz CT molecular complexity index is 743. The molecule has 0 saturated carbocycles. The van der Waals surface area contributed by atoms with Gasteiger partial charge in [-0.25, -0.2) is 14.8 Å². The number of anilines is 1. The average molecular weight is 311 g/mol. The highest BCUT2D eigenvalue weighted by Crippen LogP contribution is 2.43. The van der Waals surface area contributed by atoms with E-state index >= 15 is 0 Å². The van der Waals surface area contributed by atoms with Gasteiger partial charge in [0.1, 0.15) is 11.4 Å². The molecular weight excluding hydrogens is 294 g/mol. The van der Waals surface area contributed by atoms with Gasteiger partial charge in [-0.3, -0.25) is 0 Å². The van der Waals surface area contributed by atoms with Gasteiger partial charge in [0.05, 0.1) is 25.5 Å². The summed E-state index contributed by atoms with van der Waals surface area (Å²) in [4.78, 5) is 21.3. The van der Waals surface area contributed by atoms with Crippen molar-refractivity contribution in [1.82, 2.24) is 9.97 Å². The van der Waals surface area contributed by atoms with Gasteiger partial charge in [0.25, 0.3) is 0 Å². The minimum Gasteiger partial charge on any atom is -0.476 e. The number of benzene rings is 1. The van der Waals surface area contributed by atoms with Gasteiger partial charge in [0, 0.05) is 6.54 Å². The smallest absolute Gasteiger partial charge is 0.356 e. The number of rotatable bonds is 2. The Labute approximate surface area is 133 Å². The van der Waals surface area contributed by atoms with E-state index in [1.807, 2.05) is 6.07 Å². The van der Waals surface area contributed by atoms with Crippen LogP contribution < -0.4 is 4.90 Å². The molecule has 0 radical (unpaired) electrons. The number of aromatic carboxylic acids is 1. The Hall–Kier alpha value is -2.47. The number of carbonyl (C=O) groups is 1. The minimum atomic E-state index is -1.06. The second kappa shape index (κ2) is 5.31.